The van der Waals surface area contributed by atoms with Gasteiger partial charge in [-0.2, -0.15) is 0 Å². The second-order valence-electron chi connectivity index (χ2n) is 5.65. The van der Waals surface area contributed by atoms with Crippen LogP contribution in [0.3, 0.4) is 0 Å². The van der Waals surface area contributed by atoms with E-state index in [0.717, 1.165) is 33.6 Å². The number of fused-ring (bicyclic) bond motifs is 1. The van der Waals surface area contributed by atoms with Crippen molar-refractivity contribution in [2.45, 2.75) is 6.54 Å². The fraction of sp³-hybridized carbons (Fsp3) is 0.0526. The fourth-order valence-corrected chi connectivity index (χ4v) is 3.75. The molecule has 0 unspecified atom stereocenters. The van der Waals surface area contributed by atoms with Crippen molar-refractivity contribution in [2.75, 3.05) is 0 Å². The third kappa shape index (κ3) is 2.92. The smallest absolute Gasteiger partial charge is 0.255 e. The summed E-state index contributed by atoms with van der Waals surface area (Å²) in [5.41, 5.74) is 1.24. The molecule has 0 aliphatic carbocycles. The quantitative estimate of drug-likeness (QED) is 0.550. The van der Waals surface area contributed by atoms with E-state index in [9.17, 15) is 9.59 Å². The molecule has 4 rings (SSSR count). The molecule has 0 N–H and O–H groups in total. The first-order valence-corrected chi connectivity index (χ1v) is 8.84. The zero-order chi connectivity index (χ0) is 17.4. The maximum absolute atomic E-state index is 12.8. The minimum atomic E-state index is -0.332. The third-order valence-electron chi connectivity index (χ3n) is 4.03. The van der Waals surface area contributed by atoms with Crippen LogP contribution in [0.5, 0.6) is 0 Å². The van der Waals surface area contributed by atoms with Gasteiger partial charge in [-0.05, 0) is 29.1 Å². The lowest BCUT2D eigenvalue weighted by Crippen LogP contribution is -2.28. The molecule has 0 amide bonds. The zero-order valence-corrected chi connectivity index (χ0v) is 14.6. The molecule has 0 spiro atoms. The summed E-state index contributed by atoms with van der Waals surface area (Å²) in [5.74, 6) is 0. The van der Waals surface area contributed by atoms with Gasteiger partial charge >= 0.3 is 10.6 Å². The van der Waals surface area contributed by atoms with Crippen LogP contribution in [-0.2, 0) is 6.54 Å². The predicted molar refractivity (Wildman–Crippen MR) is 102 cm³/mol. The van der Waals surface area contributed by atoms with E-state index in [-0.39, 0.29) is 17.1 Å². The maximum Gasteiger partial charge on any atom is 0.346 e. The first kappa shape index (κ1) is 15.9. The van der Waals surface area contributed by atoms with E-state index in [0.29, 0.717) is 5.02 Å². The van der Waals surface area contributed by atoms with Crippen LogP contribution < -0.4 is 10.6 Å². The Morgan fingerprint density at radius 3 is 2.40 bits per heavy atom. The van der Waals surface area contributed by atoms with Gasteiger partial charge in [-0.3, -0.25) is 4.79 Å². The first-order valence-electron chi connectivity index (χ1n) is 7.69. The van der Waals surface area contributed by atoms with E-state index < -0.39 is 0 Å². The van der Waals surface area contributed by atoms with Gasteiger partial charge < -0.3 is 0 Å². The Morgan fingerprint density at radius 2 is 1.60 bits per heavy atom. The van der Waals surface area contributed by atoms with Crippen molar-refractivity contribution in [3.8, 4) is 5.69 Å². The minimum Gasteiger partial charge on any atom is -0.255 e. The Labute approximate surface area is 152 Å². The Balaban J connectivity index is 1.84. The highest BCUT2D eigenvalue weighted by atomic mass is 35.5. The molecule has 0 radical (unpaired) electrons. The van der Waals surface area contributed by atoms with Crippen LogP contribution in [0.4, 0.5) is 0 Å². The van der Waals surface area contributed by atoms with Crippen LogP contribution >= 0.6 is 23.1 Å². The van der Waals surface area contributed by atoms with Gasteiger partial charge in [0.25, 0.3) is 0 Å². The molecule has 0 bridgehead atoms. The summed E-state index contributed by atoms with van der Waals surface area (Å²) in [6.45, 7) is 0.225. The fourth-order valence-electron chi connectivity index (χ4n) is 2.80. The van der Waals surface area contributed by atoms with Gasteiger partial charge in [-0.1, -0.05) is 60.1 Å². The van der Waals surface area contributed by atoms with Gasteiger partial charge in [0, 0.05) is 21.9 Å². The molecule has 1 aromatic heterocycles. The summed E-state index contributed by atoms with van der Waals surface area (Å²) in [5, 5.41) is 2.58. The molecular weight excluding hydrogens is 356 g/mol. The monoisotopic (exact) mass is 368 g/mol. The molecule has 4 aromatic rings. The van der Waals surface area contributed by atoms with E-state index >= 15 is 0 Å². The number of aromatic nitrogens is 2. The molecule has 0 atom stereocenters. The molecule has 0 saturated carbocycles. The van der Waals surface area contributed by atoms with Crippen molar-refractivity contribution in [3.63, 3.8) is 0 Å². The number of halogens is 1. The molecule has 1 heterocycles. The van der Waals surface area contributed by atoms with Crippen molar-refractivity contribution in [2.24, 2.45) is 0 Å². The predicted octanol–water partition coefficient (Wildman–Crippen LogP) is 3.92. The average molecular weight is 369 g/mol. The molecule has 4 nitrogen and oxygen atoms in total. The van der Waals surface area contributed by atoms with Crippen LogP contribution in [0.1, 0.15) is 5.56 Å². The van der Waals surface area contributed by atoms with Gasteiger partial charge in [0.2, 0.25) is 0 Å². The molecular formula is C19H13ClN2O2S. The van der Waals surface area contributed by atoms with E-state index in [1.165, 1.54) is 8.52 Å². The van der Waals surface area contributed by atoms with Crippen molar-refractivity contribution in [3.05, 3.63) is 97.5 Å². The van der Waals surface area contributed by atoms with E-state index in [4.69, 9.17) is 11.6 Å². The lowest BCUT2D eigenvalue weighted by atomic mass is 10.1. The van der Waals surface area contributed by atoms with Crippen LogP contribution in [0.15, 0.2) is 76.3 Å². The van der Waals surface area contributed by atoms with E-state index in [1.54, 1.807) is 12.1 Å². The summed E-state index contributed by atoms with van der Waals surface area (Å²) in [4.78, 5) is 24.9. The molecule has 0 saturated heterocycles. The van der Waals surface area contributed by atoms with Gasteiger partial charge in [0.05, 0.1) is 12.2 Å². The number of rotatable bonds is 3. The van der Waals surface area contributed by atoms with Crippen molar-refractivity contribution >= 4 is 33.9 Å². The van der Waals surface area contributed by atoms with Crippen LogP contribution in [0, 0.1) is 0 Å². The third-order valence-corrected chi connectivity index (χ3v) is 5.20. The zero-order valence-electron chi connectivity index (χ0n) is 13.1. The van der Waals surface area contributed by atoms with Gasteiger partial charge in [0.1, 0.15) is 0 Å². The maximum atomic E-state index is 12.8. The van der Waals surface area contributed by atoms with Crippen LogP contribution in [0.2, 0.25) is 5.02 Å². The van der Waals surface area contributed by atoms with Gasteiger partial charge in [-0.25, -0.2) is 13.3 Å². The highest BCUT2D eigenvalue weighted by molar-refractivity contribution is 7.04. The Hall–Kier alpha value is -2.63. The molecule has 124 valence electrons. The second-order valence-corrected chi connectivity index (χ2v) is 6.98. The normalized spacial score (nSPS) is 11.1. The second kappa shape index (κ2) is 6.35. The summed E-state index contributed by atoms with van der Waals surface area (Å²) >= 11 is 6.80. The van der Waals surface area contributed by atoms with Crippen LogP contribution in [0.25, 0.3) is 16.5 Å². The largest absolute Gasteiger partial charge is 0.346 e. The Morgan fingerprint density at radius 1 is 0.880 bits per heavy atom. The highest BCUT2D eigenvalue weighted by Gasteiger charge is 2.14. The highest BCUT2D eigenvalue weighted by Crippen LogP contribution is 2.21. The number of benzene rings is 3. The summed E-state index contributed by atoms with van der Waals surface area (Å²) in [6, 6.07) is 20.6. The number of nitrogens with zero attached hydrogens (tertiary/aromatic N) is 2. The first-order chi connectivity index (χ1) is 12.1. The Bertz CT molecular complexity index is 1170. The molecule has 0 aliphatic rings. The summed E-state index contributed by atoms with van der Waals surface area (Å²) < 4.78 is 2.70. The lowest BCUT2D eigenvalue weighted by Gasteiger charge is -2.05. The molecule has 0 fully saturated rings. The van der Waals surface area contributed by atoms with Gasteiger partial charge in [0.15, 0.2) is 0 Å². The molecule has 0 aliphatic heterocycles. The number of hydrogen-bond acceptors (Lipinski definition) is 3. The number of hydrogen-bond donors (Lipinski definition) is 0. The van der Waals surface area contributed by atoms with Gasteiger partial charge in [-0.15, -0.1) is 0 Å². The van der Waals surface area contributed by atoms with Crippen molar-refractivity contribution in [1.29, 1.82) is 0 Å². The SMILES string of the molecule is O=c1sn(-c2cccc3ccccc23)c(=O)n1Cc1ccc(Cl)cc1. The average Bonchev–Trinajstić information content (AvgIpc) is 2.91. The van der Waals surface area contributed by atoms with E-state index in [1.807, 2.05) is 54.6 Å². The van der Waals surface area contributed by atoms with E-state index in [2.05, 4.69) is 0 Å². The standard InChI is InChI=1S/C19H13ClN2O2S/c20-15-10-8-13(9-11-15)12-21-18(23)22(25-19(21)24)17-7-3-5-14-4-1-2-6-16(14)17/h1-11H,12H2. The molecule has 6 heteroatoms. The summed E-state index contributed by atoms with van der Waals surface area (Å²) in [7, 11) is 0. The van der Waals surface area contributed by atoms with Crippen molar-refractivity contribution in [1.82, 2.24) is 8.52 Å². The van der Waals surface area contributed by atoms with Crippen molar-refractivity contribution < 1.29 is 0 Å². The molecule has 3 aromatic carbocycles. The van der Waals surface area contributed by atoms with Crippen LogP contribution in [-0.4, -0.2) is 8.52 Å². The topological polar surface area (TPSA) is 44.0 Å². The Kier molecular flexibility index (Phi) is 4.03. The summed E-state index contributed by atoms with van der Waals surface area (Å²) in [6.07, 6.45) is 0. The molecule has 25 heavy (non-hydrogen) atoms. The lowest BCUT2D eigenvalue weighted by molar-refractivity contribution is 0.723. The minimum absolute atomic E-state index is 0.225.